The average molecular weight is 462 g/mol. The number of likely N-dealkylation sites (tertiary alicyclic amines) is 1. The second kappa shape index (κ2) is 10.6. The summed E-state index contributed by atoms with van der Waals surface area (Å²) in [5.41, 5.74) is 1.92. The lowest BCUT2D eigenvalue weighted by Gasteiger charge is -2.39. The number of para-hydroxylation sites is 1. The molecular weight excluding hydrogens is 426 g/mol. The highest BCUT2D eigenvalue weighted by molar-refractivity contribution is 5.46. The van der Waals surface area contributed by atoms with Crippen molar-refractivity contribution >= 4 is 5.69 Å². The summed E-state index contributed by atoms with van der Waals surface area (Å²) in [4.78, 5) is 7.23. The molecule has 1 N–H and O–H groups in total. The highest BCUT2D eigenvalue weighted by Crippen LogP contribution is 2.26. The molecule has 7 heteroatoms. The first-order valence-corrected chi connectivity index (χ1v) is 12.3. The standard InChI is InChI=1S/C27H35N5O2/c33-27(22-29-15-17-31(18-16-29)25-5-2-1-3-6-25)11-14-30(23-27)21-24-7-9-26(10-8-24)34-20-19-32-13-4-12-28-32/h1-10,12-13,33H,11,14-23H2/t27-/m0/s1. The molecule has 34 heavy (non-hydrogen) atoms. The summed E-state index contributed by atoms with van der Waals surface area (Å²) in [5, 5.41) is 15.5. The first kappa shape index (κ1) is 22.9. The smallest absolute Gasteiger partial charge is 0.119 e. The summed E-state index contributed by atoms with van der Waals surface area (Å²) >= 11 is 0. The SMILES string of the molecule is O[C@]1(CN2CCN(c3ccccc3)CC2)CCN(Cc2ccc(OCCn3cccn3)cc2)C1. The Labute approximate surface area is 202 Å². The summed E-state index contributed by atoms with van der Waals surface area (Å²) in [6.07, 6.45) is 4.55. The van der Waals surface area contributed by atoms with Crippen molar-refractivity contribution in [3.05, 3.63) is 78.6 Å². The van der Waals surface area contributed by atoms with Crippen molar-refractivity contribution in [2.45, 2.75) is 25.1 Å². The zero-order valence-corrected chi connectivity index (χ0v) is 19.8. The molecule has 0 amide bonds. The van der Waals surface area contributed by atoms with E-state index in [0.29, 0.717) is 6.61 Å². The van der Waals surface area contributed by atoms with E-state index >= 15 is 0 Å². The van der Waals surface area contributed by atoms with E-state index in [0.717, 1.165) is 71.1 Å². The van der Waals surface area contributed by atoms with Gasteiger partial charge < -0.3 is 14.7 Å². The summed E-state index contributed by atoms with van der Waals surface area (Å²) in [6, 6.07) is 20.9. The number of hydrogen-bond donors (Lipinski definition) is 1. The molecule has 1 atom stereocenters. The van der Waals surface area contributed by atoms with Crippen LogP contribution < -0.4 is 9.64 Å². The fourth-order valence-corrected chi connectivity index (χ4v) is 5.06. The molecule has 7 nitrogen and oxygen atoms in total. The first-order valence-electron chi connectivity index (χ1n) is 12.3. The molecule has 5 rings (SSSR count). The van der Waals surface area contributed by atoms with Crippen LogP contribution in [-0.2, 0) is 13.1 Å². The topological polar surface area (TPSA) is 57.0 Å². The maximum Gasteiger partial charge on any atom is 0.119 e. The summed E-state index contributed by atoms with van der Waals surface area (Å²) in [6.45, 7) is 8.64. The van der Waals surface area contributed by atoms with Gasteiger partial charge >= 0.3 is 0 Å². The summed E-state index contributed by atoms with van der Waals surface area (Å²) in [7, 11) is 0. The number of β-amino-alcohol motifs (C(OH)–C–C–N with tert-alkyl or cyclic N) is 1. The number of piperazine rings is 1. The fraction of sp³-hybridized carbons (Fsp3) is 0.444. The Morgan fingerprint density at radius 2 is 1.68 bits per heavy atom. The number of aliphatic hydroxyl groups is 1. The zero-order chi connectivity index (χ0) is 23.2. The van der Waals surface area contributed by atoms with Gasteiger partial charge in [0.1, 0.15) is 12.4 Å². The third-order valence-corrected chi connectivity index (χ3v) is 6.90. The summed E-state index contributed by atoms with van der Waals surface area (Å²) in [5.74, 6) is 0.878. The highest BCUT2D eigenvalue weighted by atomic mass is 16.5. The van der Waals surface area contributed by atoms with Crippen LogP contribution in [0.4, 0.5) is 5.69 Å². The maximum atomic E-state index is 11.3. The second-order valence-corrected chi connectivity index (χ2v) is 9.55. The number of ether oxygens (including phenoxy) is 1. The molecule has 2 aliphatic rings. The molecule has 2 aromatic carbocycles. The highest BCUT2D eigenvalue weighted by Gasteiger charge is 2.38. The lowest BCUT2D eigenvalue weighted by molar-refractivity contribution is 0.00978. The molecule has 2 fully saturated rings. The van der Waals surface area contributed by atoms with Crippen molar-refractivity contribution < 1.29 is 9.84 Å². The largest absolute Gasteiger partial charge is 0.492 e. The zero-order valence-electron chi connectivity index (χ0n) is 19.8. The van der Waals surface area contributed by atoms with Crippen LogP contribution in [0.1, 0.15) is 12.0 Å². The lowest BCUT2D eigenvalue weighted by Crippen LogP contribution is -2.52. The quantitative estimate of drug-likeness (QED) is 0.529. The molecule has 0 unspecified atom stereocenters. The molecule has 0 radical (unpaired) electrons. The third kappa shape index (κ3) is 5.97. The normalized spacial score (nSPS) is 21.7. The van der Waals surface area contributed by atoms with E-state index in [-0.39, 0.29) is 0 Å². The van der Waals surface area contributed by atoms with Gasteiger partial charge in [-0.3, -0.25) is 14.5 Å². The van der Waals surface area contributed by atoms with Crippen LogP contribution in [0.25, 0.3) is 0 Å². The lowest BCUT2D eigenvalue weighted by atomic mass is 10.0. The number of aromatic nitrogens is 2. The van der Waals surface area contributed by atoms with E-state index in [9.17, 15) is 5.11 Å². The van der Waals surface area contributed by atoms with E-state index in [4.69, 9.17) is 4.74 Å². The van der Waals surface area contributed by atoms with Crippen LogP contribution in [0.3, 0.4) is 0 Å². The van der Waals surface area contributed by atoms with Crippen molar-refractivity contribution in [3.63, 3.8) is 0 Å². The Bertz CT molecular complexity index is 1000. The Kier molecular flexibility index (Phi) is 7.13. The molecule has 2 saturated heterocycles. The van der Waals surface area contributed by atoms with Crippen LogP contribution in [0, 0.1) is 0 Å². The van der Waals surface area contributed by atoms with Crippen LogP contribution in [0.5, 0.6) is 5.75 Å². The number of rotatable bonds is 9. The van der Waals surface area contributed by atoms with E-state index < -0.39 is 5.60 Å². The van der Waals surface area contributed by atoms with Crippen molar-refractivity contribution in [2.75, 3.05) is 57.3 Å². The molecule has 0 saturated carbocycles. The van der Waals surface area contributed by atoms with Gasteiger partial charge in [0, 0.05) is 70.4 Å². The molecule has 2 aliphatic heterocycles. The van der Waals surface area contributed by atoms with Crippen molar-refractivity contribution in [2.24, 2.45) is 0 Å². The number of benzene rings is 2. The van der Waals surface area contributed by atoms with Gasteiger partial charge in [0.05, 0.1) is 12.1 Å². The fourth-order valence-electron chi connectivity index (χ4n) is 5.06. The van der Waals surface area contributed by atoms with Crippen LogP contribution in [0.2, 0.25) is 0 Å². The summed E-state index contributed by atoms with van der Waals surface area (Å²) < 4.78 is 7.70. The molecule has 0 bridgehead atoms. The van der Waals surface area contributed by atoms with Gasteiger partial charge in [0.2, 0.25) is 0 Å². The monoisotopic (exact) mass is 461 g/mol. The van der Waals surface area contributed by atoms with Crippen LogP contribution in [-0.4, -0.2) is 82.7 Å². The minimum Gasteiger partial charge on any atom is -0.492 e. The van der Waals surface area contributed by atoms with Gasteiger partial charge in [0.15, 0.2) is 0 Å². The van der Waals surface area contributed by atoms with Crippen molar-refractivity contribution in [1.29, 1.82) is 0 Å². The van der Waals surface area contributed by atoms with Crippen LogP contribution >= 0.6 is 0 Å². The molecule has 3 heterocycles. The van der Waals surface area contributed by atoms with Crippen molar-refractivity contribution in [1.82, 2.24) is 19.6 Å². The van der Waals surface area contributed by atoms with E-state index in [1.807, 2.05) is 29.1 Å². The molecular formula is C27H35N5O2. The Balaban J connectivity index is 1.05. The number of anilines is 1. The van der Waals surface area contributed by atoms with Gasteiger partial charge in [-0.05, 0) is 42.3 Å². The predicted octanol–water partition coefficient (Wildman–Crippen LogP) is 2.72. The van der Waals surface area contributed by atoms with Crippen molar-refractivity contribution in [3.8, 4) is 5.75 Å². The maximum absolute atomic E-state index is 11.3. The molecule has 0 spiro atoms. The minimum atomic E-state index is -0.621. The van der Waals surface area contributed by atoms with Gasteiger partial charge in [-0.15, -0.1) is 0 Å². The first-order chi connectivity index (χ1) is 16.7. The van der Waals surface area contributed by atoms with Gasteiger partial charge in [-0.1, -0.05) is 30.3 Å². The van der Waals surface area contributed by atoms with Gasteiger partial charge in [-0.2, -0.15) is 5.10 Å². The second-order valence-electron chi connectivity index (χ2n) is 9.55. The van der Waals surface area contributed by atoms with E-state index in [2.05, 4.69) is 62.3 Å². The van der Waals surface area contributed by atoms with Crippen LogP contribution in [0.15, 0.2) is 73.1 Å². The minimum absolute atomic E-state index is 0.597. The molecule has 3 aromatic rings. The Morgan fingerprint density at radius 3 is 2.41 bits per heavy atom. The number of hydrogen-bond acceptors (Lipinski definition) is 6. The molecule has 1 aromatic heterocycles. The number of nitrogens with zero attached hydrogens (tertiary/aromatic N) is 5. The van der Waals surface area contributed by atoms with E-state index in [1.165, 1.54) is 11.3 Å². The average Bonchev–Trinajstić information content (AvgIpc) is 3.51. The molecule has 0 aliphatic carbocycles. The van der Waals surface area contributed by atoms with Gasteiger partial charge in [-0.25, -0.2) is 0 Å². The predicted molar refractivity (Wildman–Crippen MR) is 134 cm³/mol. The van der Waals surface area contributed by atoms with E-state index in [1.54, 1.807) is 6.20 Å². The third-order valence-electron chi connectivity index (χ3n) is 6.90. The Morgan fingerprint density at radius 1 is 0.882 bits per heavy atom. The molecule has 180 valence electrons. The Hall–Kier alpha value is -2.87. The van der Waals surface area contributed by atoms with Gasteiger partial charge in [0.25, 0.3) is 0 Å².